The number of amides is 4. The van der Waals surface area contributed by atoms with Crippen molar-refractivity contribution in [3.63, 3.8) is 0 Å². The van der Waals surface area contributed by atoms with Gasteiger partial charge in [0.1, 0.15) is 18.1 Å². The Bertz CT molecular complexity index is 1150. The number of hydrogen-bond donors (Lipinski definition) is 7. The molecule has 12 heteroatoms. The number of carboxylic acids is 1. The van der Waals surface area contributed by atoms with E-state index in [-0.39, 0.29) is 32.1 Å². The van der Waals surface area contributed by atoms with Crippen LogP contribution in [0.3, 0.4) is 0 Å². The third kappa shape index (κ3) is 12.2. The van der Waals surface area contributed by atoms with Gasteiger partial charge in [-0.2, -0.15) is 0 Å². The average Bonchev–Trinajstić information content (AvgIpc) is 2.95. The number of carbonyl (C=O) groups is 5. The Morgan fingerprint density at radius 1 is 0.683 bits per heavy atom. The number of nitrogens with one attached hydrogen (secondary N) is 3. The maximum absolute atomic E-state index is 13.5. The molecule has 2 aromatic carbocycles. The third-order valence-corrected chi connectivity index (χ3v) is 6.43. The van der Waals surface area contributed by atoms with Crippen LogP contribution in [0.5, 0.6) is 0 Å². The van der Waals surface area contributed by atoms with Crippen LogP contribution in [0.15, 0.2) is 60.7 Å². The molecule has 4 atom stereocenters. The van der Waals surface area contributed by atoms with Gasteiger partial charge in [-0.05, 0) is 43.4 Å². The van der Waals surface area contributed by atoms with E-state index in [0.717, 1.165) is 11.1 Å². The molecule has 0 aliphatic heterocycles. The fraction of sp³-hybridized carbons (Fsp3) is 0.414. The Hall–Kier alpha value is -4.29. The molecule has 0 spiro atoms. The number of nitrogens with two attached hydrogens (primary N) is 3. The molecule has 12 nitrogen and oxygen atoms in total. The second-order valence-corrected chi connectivity index (χ2v) is 9.80. The van der Waals surface area contributed by atoms with Crippen LogP contribution in [-0.4, -0.2) is 65.4 Å². The average molecular weight is 569 g/mol. The zero-order valence-electron chi connectivity index (χ0n) is 23.0. The molecule has 0 bridgehead atoms. The van der Waals surface area contributed by atoms with Crippen molar-refractivity contribution in [2.45, 2.75) is 69.1 Å². The summed E-state index contributed by atoms with van der Waals surface area (Å²) in [7, 11) is 0. The highest BCUT2D eigenvalue weighted by atomic mass is 16.4. The van der Waals surface area contributed by atoms with Crippen molar-refractivity contribution < 1.29 is 29.1 Å². The SMILES string of the molecule is NCCCCC(NC(=O)C(Cc1ccccc1)NC(=O)C(N)CCC(N)=O)C(=O)NC(Cc1ccccc1)C(=O)O. The quantitative estimate of drug-likeness (QED) is 0.118. The highest BCUT2D eigenvalue weighted by molar-refractivity contribution is 5.94. The Kier molecular flexibility index (Phi) is 14.0. The van der Waals surface area contributed by atoms with Gasteiger partial charge in [-0.25, -0.2) is 4.79 Å². The van der Waals surface area contributed by atoms with Gasteiger partial charge >= 0.3 is 5.97 Å². The van der Waals surface area contributed by atoms with E-state index in [1.807, 2.05) is 6.07 Å². The highest BCUT2D eigenvalue weighted by Crippen LogP contribution is 2.09. The second kappa shape index (κ2) is 17.4. The van der Waals surface area contributed by atoms with Gasteiger partial charge in [-0.1, -0.05) is 60.7 Å². The van der Waals surface area contributed by atoms with Gasteiger partial charge in [0.15, 0.2) is 0 Å². The molecule has 41 heavy (non-hydrogen) atoms. The fourth-order valence-electron chi connectivity index (χ4n) is 4.12. The van der Waals surface area contributed by atoms with Gasteiger partial charge in [0.25, 0.3) is 0 Å². The van der Waals surface area contributed by atoms with Crippen LogP contribution in [0.4, 0.5) is 0 Å². The van der Waals surface area contributed by atoms with Crippen LogP contribution in [0.25, 0.3) is 0 Å². The summed E-state index contributed by atoms with van der Waals surface area (Å²) in [4.78, 5) is 62.5. The summed E-state index contributed by atoms with van der Waals surface area (Å²) in [6.07, 6.45) is 1.36. The van der Waals surface area contributed by atoms with E-state index in [9.17, 15) is 29.1 Å². The van der Waals surface area contributed by atoms with Gasteiger partial charge in [0.2, 0.25) is 23.6 Å². The molecule has 2 rings (SSSR count). The molecular weight excluding hydrogens is 528 g/mol. The summed E-state index contributed by atoms with van der Waals surface area (Å²) in [5.74, 6) is -3.78. The Balaban J connectivity index is 2.21. The van der Waals surface area contributed by atoms with Crippen LogP contribution in [0.1, 0.15) is 43.2 Å². The van der Waals surface area contributed by atoms with Gasteiger partial charge in [-0.15, -0.1) is 0 Å². The minimum Gasteiger partial charge on any atom is -0.480 e. The maximum Gasteiger partial charge on any atom is 0.326 e. The molecule has 222 valence electrons. The normalized spacial score (nSPS) is 13.7. The summed E-state index contributed by atoms with van der Waals surface area (Å²) in [5.41, 5.74) is 18.1. The minimum absolute atomic E-state index is 0.00293. The lowest BCUT2D eigenvalue weighted by Gasteiger charge is -2.25. The van der Waals surface area contributed by atoms with Gasteiger partial charge in [0, 0.05) is 19.3 Å². The number of carbonyl (C=O) groups excluding carboxylic acids is 4. The Morgan fingerprint density at radius 3 is 1.68 bits per heavy atom. The Morgan fingerprint density at radius 2 is 1.17 bits per heavy atom. The van der Waals surface area contributed by atoms with Crippen molar-refractivity contribution in [1.82, 2.24) is 16.0 Å². The summed E-state index contributed by atoms with van der Waals surface area (Å²) < 4.78 is 0. The van der Waals surface area contributed by atoms with Crippen LogP contribution in [0.2, 0.25) is 0 Å². The second-order valence-electron chi connectivity index (χ2n) is 9.80. The van der Waals surface area contributed by atoms with Crippen molar-refractivity contribution in [2.24, 2.45) is 17.2 Å². The van der Waals surface area contributed by atoms with Gasteiger partial charge in [-0.3, -0.25) is 19.2 Å². The first kappa shape index (κ1) is 32.9. The lowest BCUT2D eigenvalue weighted by Crippen LogP contribution is -2.57. The number of aliphatic carboxylic acids is 1. The molecule has 0 radical (unpaired) electrons. The molecule has 0 aliphatic carbocycles. The van der Waals surface area contributed by atoms with Crippen LogP contribution in [0, 0.1) is 0 Å². The zero-order valence-corrected chi connectivity index (χ0v) is 23.0. The molecule has 0 saturated carbocycles. The van der Waals surface area contributed by atoms with E-state index in [2.05, 4.69) is 16.0 Å². The summed E-state index contributed by atoms with van der Waals surface area (Å²) in [6.45, 7) is 0.379. The van der Waals surface area contributed by atoms with E-state index in [4.69, 9.17) is 17.2 Å². The third-order valence-electron chi connectivity index (χ3n) is 6.43. The van der Waals surface area contributed by atoms with E-state index in [1.54, 1.807) is 54.6 Å². The first-order valence-electron chi connectivity index (χ1n) is 13.6. The highest BCUT2D eigenvalue weighted by Gasteiger charge is 2.30. The first-order valence-corrected chi connectivity index (χ1v) is 13.6. The molecule has 0 fully saturated rings. The predicted octanol–water partition coefficient (Wildman–Crippen LogP) is -0.267. The van der Waals surface area contributed by atoms with E-state index >= 15 is 0 Å². The number of rotatable bonds is 18. The number of primary amides is 1. The van der Waals surface area contributed by atoms with Crippen molar-refractivity contribution in [3.05, 3.63) is 71.8 Å². The molecule has 0 heterocycles. The molecule has 0 saturated heterocycles. The minimum atomic E-state index is -1.22. The summed E-state index contributed by atoms with van der Waals surface area (Å²) in [6, 6.07) is 13.3. The number of carboxylic acid groups (broad SMARTS) is 1. The monoisotopic (exact) mass is 568 g/mol. The molecule has 0 aliphatic rings. The zero-order chi connectivity index (χ0) is 30.2. The van der Waals surface area contributed by atoms with Crippen molar-refractivity contribution >= 4 is 29.6 Å². The van der Waals surface area contributed by atoms with Gasteiger partial charge in [0.05, 0.1) is 6.04 Å². The predicted molar refractivity (Wildman–Crippen MR) is 153 cm³/mol. The van der Waals surface area contributed by atoms with E-state index in [1.165, 1.54) is 0 Å². The van der Waals surface area contributed by atoms with Gasteiger partial charge < -0.3 is 38.3 Å². The first-order chi connectivity index (χ1) is 19.6. The van der Waals surface area contributed by atoms with E-state index < -0.39 is 53.8 Å². The van der Waals surface area contributed by atoms with Crippen LogP contribution in [-0.2, 0) is 36.8 Å². The molecule has 2 aromatic rings. The largest absolute Gasteiger partial charge is 0.480 e. The topological polar surface area (TPSA) is 220 Å². The molecule has 0 aromatic heterocycles. The van der Waals surface area contributed by atoms with Crippen molar-refractivity contribution in [1.29, 1.82) is 0 Å². The van der Waals surface area contributed by atoms with Crippen molar-refractivity contribution in [2.75, 3.05) is 6.54 Å². The molecule has 4 unspecified atom stereocenters. The maximum atomic E-state index is 13.5. The van der Waals surface area contributed by atoms with Crippen LogP contribution < -0.4 is 33.2 Å². The number of benzene rings is 2. The number of unbranched alkanes of at least 4 members (excludes halogenated alkanes) is 1. The lowest BCUT2D eigenvalue weighted by molar-refractivity contribution is -0.142. The fourth-order valence-corrected chi connectivity index (χ4v) is 4.12. The lowest BCUT2D eigenvalue weighted by atomic mass is 10.0. The number of hydrogen-bond acceptors (Lipinski definition) is 7. The van der Waals surface area contributed by atoms with E-state index in [0.29, 0.717) is 19.4 Å². The standard InChI is InChI=1S/C29H40N6O6/c30-16-8-7-13-22(27(38)35-24(29(40)41)18-20-11-5-2-6-12-20)33-28(39)23(17-19-9-3-1-4-10-19)34-26(37)21(31)14-15-25(32)36/h1-6,9-12,21-24H,7-8,13-18,30-31H2,(H2,32,36)(H,33,39)(H,34,37)(H,35,38)(H,40,41). The Labute approximate surface area is 239 Å². The summed E-state index contributed by atoms with van der Waals surface area (Å²) in [5, 5.41) is 17.6. The van der Waals surface area contributed by atoms with Crippen LogP contribution >= 0.6 is 0 Å². The molecular formula is C29H40N6O6. The molecule has 10 N–H and O–H groups in total. The molecule has 4 amide bonds. The van der Waals surface area contributed by atoms with Crippen molar-refractivity contribution in [3.8, 4) is 0 Å². The summed E-state index contributed by atoms with van der Waals surface area (Å²) >= 11 is 0. The smallest absolute Gasteiger partial charge is 0.326 e.